The summed E-state index contributed by atoms with van der Waals surface area (Å²) in [5.74, 6) is -0.221. The van der Waals surface area contributed by atoms with Crippen LogP contribution in [0.25, 0.3) is 11.6 Å². The van der Waals surface area contributed by atoms with Crippen LogP contribution in [0.2, 0.25) is 0 Å². The molecule has 3 rings (SSSR count). The summed E-state index contributed by atoms with van der Waals surface area (Å²) < 4.78 is 0. The zero-order valence-electron chi connectivity index (χ0n) is 15.1. The minimum Gasteiger partial charge on any atom is -0.492 e. The fourth-order valence-corrected chi connectivity index (χ4v) is 2.64. The van der Waals surface area contributed by atoms with Crippen molar-refractivity contribution < 1.29 is 30.6 Å². The van der Waals surface area contributed by atoms with Gasteiger partial charge < -0.3 is 35.6 Å². The number of hydrogen-bond acceptors (Lipinski definition) is 10. The maximum absolute atomic E-state index is 10.0. The number of H-pyrrole nitrogens is 1. The van der Waals surface area contributed by atoms with Crippen molar-refractivity contribution in [2.75, 3.05) is 12.0 Å². The summed E-state index contributed by atoms with van der Waals surface area (Å²) in [7, 11) is 0. The highest BCUT2D eigenvalue weighted by atomic mass is 16.4. The Morgan fingerprint density at radius 2 is 1.90 bits per heavy atom. The molecule has 11 heteroatoms. The Morgan fingerprint density at radius 3 is 2.66 bits per heavy atom. The first-order chi connectivity index (χ1) is 13.9. The first kappa shape index (κ1) is 20.6. The minimum absolute atomic E-state index is 0.0615. The molecule has 1 aromatic heterocycles. The lowest BCUT2D eigenvalue weighted by Crippen LogP contribution is -2.46. The lowest BCUT2D eigenvalue weighted by atomic mass is 10.0. The highest BCUT2D eigenvalue weighted by molar-refractivity contribution is 6.21. The lowest BCUT2D eigenvalue weighted by Gasteiger charge is -2.23. The summed E-state index contributed by atoms with van der Waals surface area (Å²) in [6.07, 6.45) is -2.57. The van der Waals surface area contributed by atoms with Gasteiger partial charge in [0.15, 0.2) is 0 Å². The smallest absolute Gasteiger partial charge is 0.238 e. The third-order valence-electron chi connectivity index (χ3n) is 4.25. The molecule has 0 saturated carbocycles. The Kier molecular flexibility index (Phi) is 6.36. The standard InChI is InChI=1S/C18H21N5O6/c24-8-14(26)16(28)15(27)13(25)7-20-23-18-21-12(17(29)22-18)5-9-6-19-11-4-2-1-3-10(9)11/h1-7,13-16,24-29H,8H2,(H2,21,22,23)/b9-5?,20-7+. The zero-order valence-corrected chi connectivity index (χ0v) is 15.1. The number of aromatic amines is 1. The summed E-state index contributed by atoms with van der Waals surface area (Å²) in [4.78, 5) is 10.9. The first-order valence-electron chi connectivity index (χ1n) is 8.67. The normalized spacial score (nSPS) is 18.7. The summed E-state index contributed by atoms with van der Waals surface area (Å²) in [5.41, 5.74) is 5.26. The van der Waals surface area contributed by atoms with Gasteiger partial charge >= 0.3 is 0 Å². The van der Waals surface area contributed by atoms with Crippen LogP contribution >= 0.6 is 0 Å². The third kappa shape index (κ3) is 4.67. The van der Waals surface area contributed by atoms with Crippen LogP contribution in [0.15, 0.2) is 34.4 Å². The maximum atomic E-state index is 10.0. The van der Waals surface area contributed by atoms with Crippen LogP contribution < -0.4 is 5.43 Å². The van der Waals surface area contributed by atoms with Gasteiger partial charge in [-0.05, 0) is 12.1 Å². The van der Waals surface area contributed by atoms with E-state index in [4.69, 9.17) is 5.11 Å². The van der Waals surface area contributed by atoms with Gasteiger partial charge in [0.25, 0.3) is 0 Å². The van der Waals surface area contributed by atoms with Crippen molar-refractivity contribution in [1.29, 1.82) is 0 Å². The number of hydrazone groups is 1. The van der Waals surface area contributed by atoms with Gasteiger partial charge in [-0.1, -0.05) is 18.2 Å². The number of allylic oxidation sites excluding steroid dienone is 1. The number of aliphatic hydroxyl groups excluding tert-OH is 5. The summed E-state index contributed by atoms with van der Waals surface area (Å²) in [6, 6.07) is 7.53. The van der Waals surface area contributed by atoms with Crippen molar-refractivity contribution in [3.05, 3.63) is 35.5 Å². The molecule has 1 aliphatic heterocycles. The highest BCUT2D eigenvalue weighted by Crippen LogP contribution is 2.33. The molecule has 0 radical (unpaired) electrons. The number of aromatic nitrogens is 2. The van der Waals surface area contributed by atoms with Gasteiger partial charge in [-0.3, -0.25) is 4.99 Å². The van der Waals surface area contributed by atoms with E-state index in [-0.39, 0.29) is 11.8 Å². The van der Waals surface area contributed by atoms with Crippen molar-refractivity contribution in [2.45, 2.75) is 24.4 Å². The van der Waals surface area contributed by atoms with E-state index in [0.717, 1.165) is 23.0 Å². The molecule has 11 nitrogen and oxygen atoms in total. The van der Waals surface area contributed by atoms with Crippen molar-refractivity contribution in [1.82, 2.24) is 9.97 Å². The van der Waals surface area contributed by atoms with Gasteiger partial charge in [0.1, 0.15) is 30.1 Å². The number of imidazole rings is 1. The number of hydrogen-bond donors (Lipinski definition) is 8. The van der Waals surface area contributed by atoms with Crippen LogP contribution in [0, 0.1) is 0 Å². The number of aromatic hydroxyl groups is 1. The summed E-state index contributed by atoms with van der Waals surface area (Å²) in [6.45, 7) is -0.778. The molecule has 0 aliphatic carbocycles. The van der Waals surface area contributed by atoms with E-state index < -0.39 is 31.0 Å². The number of nitrogens with one attached hydrogen (secondary N) is 2. The number of aliphatic hydroxyl groups is 5. The molecular weight excluding hydrogens is 382 g/mol. The predicted molar refractivity (Wildman–Crippen MR) is 106 cm³/mol. The molecule has 4 atom stereocenters. The molecule has 0 amide bonds. The molecule has 0 saturated heterocycles. The molecule has 1 aromatic carbocycles. The lowest BCUT2D eigenvalue weighted by molar-refractivity contribution is -0.0999. The first-order valence-corrected chi connectivity index (χ1v) is 8.67. The Balaban J connectivity index is 1.65. The molecule has 154 valence electrons. The number of benzene rings is 1. The second-order valence-corrected chi connectivity index (χ2v) is 6.31. The van der Waals surface area contributed by atoms with Crippen molar-refractivity contribution >= 4 is 35.7 Å². The topological polar surface area (TPSA) is 187 Å². The SMILES string of the molecule is OCC(O)C(O)C(O)C(O)/C=N/Nc1nc(O)c(C=C2C=Nc3ccccc32)[nH]1. The molecule has 0 spiro atoms. The predicted octanol–water partition coefficient (Wildman–Crippen LogP) is -0.795. The average Bonchev–Trinajstić information content (AvgIpc) is 3.29. The van der Waals surface area contributed by atoms with Crippen LogP contribution in [0.5, 0.6) is 5.88 Å². The van der Waals surface area contributed by atoms with E-state index in [0.29, 0.717) is 5.69 Å². The number of nitrogens with zero attached hydrogens (tertiary/aromatic N) is 3. The van der Waals surface area contributed by atoms with Gasteiger partial charge in [0, 0.05) is 17.4 Å². The second kappa shape index (κ2) is 8.94. The molecule has 8 N–H and O–H groups in total. The van der Waals surface area contributed by atoms with Crippen molar-refractivity contribution in [3.63, 3.8) is 0 Å². The average molecular weight is 403 g/mol. The number of anilines is 1. The number of fused-ring (bicyclic) bond motifs is 1. The second-order valence-electron chi connectivity index (χ2n) is 6.31. The van der Waals surface area contributed by atoms with E-state index in [2.05, 4.69) is 25.5 Å². The molecule has 2 heterocycles. The van der Waals surface area contributed by atoms with Crippen molar-refractivity contribution in [2.24, 2.45) is 10.1 Å². The van der Waals surface area contributed by atoms with E-state index in [1.54, 1.807) is 12.3 Å². The van der Waals surface area contributed by atoms with Gasteiger partial charge in [-0.2, -0.15) is 10.1 Å². The number of aliphatic imine (C=N–C) groups is 1. The van der Waals surface area contributed by atoms with Crippen LogP contribution in [0.3, 0.4) is 0 Å². The number of para-hydroxylation sites is 1. The Bertz CT molecular complexity index is 941. The van der Waals surface area contributed by atoms with Crippen LogP contribution in [-0.2, 0) is 0 Å². The van der Waals surface area contributed by atoms with Crippen molar-refractivity contribution in [3.8, 4) is 5.88 Å². The minimum atomic E-state index is -1.77. The Morgan fingerprint density at radius 1 is 1.14 bits per heavy atom. The summed E-state index contributed by atoms with van der Waals surface area (Å²) in [5, 5.41) is 60.7. The van der Waals surface area contributed by atoms with Gasteiger partial charge in [0.2, 0.25) is 11.8 Å². The molecule has 0 fully saturated rings. The number of rotatable bonds is 8. The van der Waals surface area contributed by atoms with Gasteiger partial charge in [-0.15, -0.1) is 0 Å². The monoisotopic (exact) mass is 403 g/mol. The molecular formula is C18H21N5O6. The third-order valence-corrected chi connectivity index (χ3v) is 4.25. The maximum Gasteiger partial charge on any atom is 0.238 e. The Hall–Kier alpha value is -3.09. The molecule has 2 aromatic rings. The van der Waals surface area contributed by atoms with Crippen LogP contribution in [0.4, 0.5) is 11.6 Å². The fourth-order valence-electron chi connectivity index (χ4n) is 2.64. The van der Waals surface area contributed by atoms with E-state index >= 15 is 0 Å². The van der Waals surface area contributed by atoms with E-state index in [1.807, 2.05) is 24.3 Å². The van der Waals surface area contributed by atoms with E-state index in [1.165, 1.54) is 0 Å². The molecule has 1 aliphatic rings. The molecule has 29 heavy (non-hydrogen) atoms. The zero-order chi connectivity index (χ0) is 21.0. The van der Waals surface area contributed by atoms with E-state index in [9.17, 15) is 25.5 Å². The quantitative estimate of drug-likeness (QED) is 0.208. The Labute approximate surface area is 165 Å². The molecule has 0 bridgehead atoms. The van der Waals surface area contributed by atoms with Crippen LogP contribution in [0.1, 0.15) is 11.3 Å². The largest absolute Gasteiger partial charge is 0.492 e. The van der Waals surface area contributed by atoms with Crippen LogP contribution in [-0.4, -0.2) is 84.1 Å². The van der Waals surface area contributed by atoms with Gasteiger partial charge in [-0.25, -0.2) is 5.43 Å². The fraction of sp³-hybridized carbons (Fsp3) is 0.278. The van der Waals surface area contributed by atoms with Gasteiger partial charge in [0.05, 0.1) is 18.5 Å². The summed E-state index contributed by atoms with van der Waals surface area (Å²) >= 11 is 0. The molecule has 4 unspecified atom stereocenters. The highest BCUT2D eigenvalue weighted by Gasteiger charge is 2.29.